The summed E-state index contributed by atoms with van der Waals surface area (Å²) >= 11 is 7.65. The number of piperidine rings is 1. The van der Waals surface area contributed by atoms with Gasteiger partial charge in [0.2, 0.25) is 0 Å². The fourth-order valence-corrected chi connectivity index (χ4v) is 6.49. The lowest BCUT2D eigenvalue weighted by molar-refractivity contribution is 0.0690. The number of carboxylic acid groups (broad SMARTS) is 1. The molecule has 192 valence electrons. The number of para-hydroxylation sites is 1. The number of halogens is 1. The zero-order valence-corrected chi connectivity index (χ0v) is 22.5. The predicted octanol–water partition coefficient (Wildman–Crippen LogP) is 5.52. The average molecular weight is 537 g/mol. The number of benzene rings is 2. The lowest BCUT2D eigenvalue weighted by Gasteiger charge is -2.26. The number of hydrogen-bond acceptors (Lipinski definition) is 5. The summed E-state index contributed by atoms with van der Waals surface area (Å²) in [6, 6.07) is 15.6. The van der Waals surface area contributed by atoms with Gasteiger partial charge >= 0.3 is 5.97 Å². The maximum Gasteiger partial charge on any atom is 0.338 e. The summed E-state index contributed by atoms with van der Waals surface area (Å²) in [5.41, 5.74) is 9.51. The van der Waals surface area contributed by atoms with Crippen molar-refractivity contribution < 1.29 is 14.7 Å². The first-order valence-corrected chi connectivity index (χ1v) is 13.4. The maximum atomic E-state index is 13.1. The lowest BCUT2D eigenvalue weighted by atomic mass is 10.1. The number of carboxylic acids is 1. The van der Waals surface area contributed by atoms with E-state index in [2.05, 4.69) is 4.98 Å². The molecule has 9 heteroatoms. The topological polar surface area (TPSA) is 101 Å². The second-order valence-electron chi connectivity index (χ2n) is 9.66. The number of carbonyl (C=O) groups is 2. The highest BCUT2D eigenvalue weighted by Crippen LogP contribution is 2.48. The molecule has 7 nitrogen and oxygen atoms in total. The van der Waals surface area contributed by atoms with Crippen LogP contribution in [-0.4, -0.2) is 50.1 Å². The van der Waals surface area contributed by atoms with Crippen LogP contribution in [0.15, 0.2) is 48.5 Å². The molecule has 3 N–H and O–H groups in total. The molecule has 2 aromatic carbocycles. The molecule has 1 aliphatic carbocycles. The van der Waals surface area contributed by atoms with Crippen molar-refractivity contribution in [2.45, 2.75) is 38.8 Å². The molecule has 2 aromatic heterocycles. The van der Waals surface area contributed by atoms with Crippen molar-refractivity contribution in [3.05, 3.63) is 75.5 Å². The summed E-state index contributed by atoms with van der Waals surface area (Å²) in [4.78, 5) is 31.6. The highest BCUT2D eigenvalue weighted by Gasteiger charge is 2.54. The number of hydrogen-bond donors (Lipinski definition) is 2. The van der Waals surface area contributed by atoms with Gasteiger partial charge in [-0.15, -0.1) is 11.3 Å². The minimum atomic E-state index is -0.862. The fraction of sp³-hybridized carbons (Fsp3) is 0.321. The maximum absolute atomic E-state index is 13.1. The Morgan fingerprint density at radius 2 is 1.92 bits per heavy atom. The Bertz CT molecular complexity index is 1510. The van der Waals surface area contributed by atoms with Crippen LogP contribution >= 0.6 is 22.9 Å². The SMILES string of the molecule is Cc1c(C(=O)O)c2ccccc2n1C.Cc1nc(C(=O)N2[C@H](CN)C[C@@H]3C[C@@H]32)c(-c2cccc(Cl)c2)s1. The molecule has 1 saturated heterocycles. The highest BCUT2D eigenvalue weighted by molar-refractivity contribution is 7.15. The summed E-state index contributed by atoms with van der Waals surface area (Å²) in [7, 11) is 1.88. The van der Waals surface area contributed by atoms with E-state index in [1.165, 1.54) is 11.3 Å². The molecule has 1 saturated carbocycles. The number of thiazole rings is 1. The summed E-state index contributed by atoms with van der Waals surface area (Å²) in [6.07, 6.45) is 2.14. The predicted molar refractivity (Wildman–Crippen MR) is 147 cm³/mol. The van der Waals surface area contributed by atoms with Crippen LogP contribution in [0.3, 0.4) is 0 Å². The van der Waals surface area contributed by atoms with E-state index in [-0.39, 0.29) is 11.9 Å². The second-order valence-corrected chi connectivity index (χ2v) is 11.3. The number of aryl methyl sites for hydroxylation is 2. The van der Waals surface area contributed by atoms with Gasteiger partial charge in [-0.25, -0.2) is 9.78 Å². The van der Waals surface area contributed by atoms with E-state index < -0.39 is 5.97 Å². The standard InChI is InChI=1S/C17H18ClN3OS.C11H11NO2/c1-9-20-15(16(23-9)10-3-2-4-12(18)5-10)17(22)21-13(8-19)6-11-7-14(11)21;1-7-10(11(13)14)8-5-3-4-6-9(8)12(7)2/h2-5,11,13-14H,6-8,19H2,1H3;3-6H,1-2H3,(H,13,14)/t11-,13+,14+;/m1./s1. The van der Waals surface area contributed by atoms with Crippen LogP contribution in [0.4, 0.5) is 0 Å². The summed E-state index contributed by atoms with van der Waals surface area (Å²) in [5, 5.41) is 11.4. The normalized spacial score (nSPS) is 19.9. The molecule has 0 spiro atoms. The van der Waals surface area contributed by atoms with E-state index in [0.29, 0.717) is 34.8 Å². The molecule has 3 atom stereocenters. The van der Waals surface area contributed by atoms with Crippen LogP contribution in [0.2, 0.25) is 5.02 Å². The van der Waals surface area contributed by atoms with Gasteiger partial charge < -0.3 is 20.3 Å². The first-order valence-electron chi connectivity index (χ1n) is 12.2. The molecule has 0 unspecified atom stereocenters. The number of fused-ring (bicyclic) bond motifs is 2. The van der Waals surface area contributed by atoms with Crippen LogP contribution in [-0.2, 0) is 7.05 Å². The summed E-state index contributed by atoms with van der Waals surface area (Å²) < 4.78 is 1.90. The monoisotopic (exact) mass is 536 g/mol. The van der Waals surface area contributed by atoms with Crippen molar-refractivity contribution >= 4 is 45.7 Å². The number of nitrogens with zero attached hydrogens (tertiary/aromatic N) is 3. The molecule has 1 amide bonds. The van der Waals surface area contributed by atoms with Gasteiger partial charge in [0.05, 0.1) is 15.4 Å². The van der Waals surface area contributed by atoms with Crippen molar-refractivity contribution in [3.63, 3.8) is 0 Å². The molecule has 6 rings (SSSR count). The van der Waals surface area contributed by atoms with Crippen molar-refractivity contribution in [2.24, 2.45) is 18.7 Å². The molecule has 0 bridgehead atoms. The smallest absolute Gasteiger partial charge is 0.338 e. The van der Waals surface area contributed by atoms with Gasteiger partial charge in [-0.1, -0.05) is 41.9 Å². The third-order valence-electron chi connectivity index (χ3n) is 7.35. The number of carbonyl (C=O) groups excluding carboxylic acids is 1. The fourth-order valence-electron chi connectivity index (χ4n) is 5.40. The van der Waals surface area contributed by atoms with Gasteiger partial charge in [-0.3, -0.25) is 4.79 Å². The molecular formula is C28H29ClN4O3S. The van der Waals surface area contributed by atoms with Crippen LogP contribution in [0.5, 0.6) is 0 Å². The molecule has 37 heavy (non-hydrogen) atoms. The quantitative estimate of drug-likeness (QED) is 0.357. The first kappa shape index (κ1) is 25.4. The number of nitrogens with two attached hydrogens (primary N) is 1. The Morgan fingerprint density at radius 3 is 2.62 bits per heavy atom. The van der Waals surface area contributed by atoms with E-state index in [1.807, 2.05) is 78.9 Å². The number of amides is 1. The van der Waals surface area contributed by atoms with Crippen molar-refractivity contribution in [2.75, 3.05) is 6.54 Å². The molecule has 0 radical (unpaired) electrons. The van der Waals surface area contributed by atoms with Crippen molar-refractivity contribution in [1.29, 1.82) is 0 Å². The molecular weight excluding hydrogens is 508 g/mol. The summed E-state index contributed by atoms with van der Waals surface area (Å²) in [5.74, 6) is -0.203. The lowest BCUT2D eigenvalue weighted by Crippen LogP contribution is -2.42. The van der Waals surface area contributed by atoms with E-state index in [0.717, 1.165) is 44.9 Å². The molecule has 4 aromatic rings. The number of likely N-dealkylation sites (tertiary alicyclic amines) is 1. The largest absolute Gasteiger partial charge is 0.478 e. The Kier molecular flexibility index (Phi) is 6.83. The number of aromatic carboxylic acids is 1. The van der Waals surface area contributed by atoms with E-state index in [4.69, 9.17) is 22.4 Å². The van der Waals surface area contributed by atoms with Gasteiger partial charge in [0.15, 0.2) is 0 Å². The Hall–Kier alpha value is -3.20. The van der Waals surface area contributed by atoms with E-state index in [1.54, 1.807) is 0 Å². The van der Waals surface area contributed by atoms with E-state index in [9.17, 15) is 9.59 Å². The van der Waals surface area contributed by atoms with Gasteiger partial charge in [-0.05, 0) is 56.4 Å². The van der Waals surface area contributed by atoms with Crippen LogP contribution in [0, 0.1) is 19.8 Å². The number of rotatable bonds is 4. The highest BCUT2D eigenvalue weighted by atomic mass is 35.5. The van der Waals surface area contributed by atoms with E-state index >= 15 is 0 Å². The minimum Gasteiger partial charge on any atom is -0.478 e. The van der Waals surface area contributed by atoms with Gasteiger partial charge in [0.1, 0.15) is 5.69 Å². The first-order chi connectivity index (χ1) is 17.7. The third-order valence-corrected chi connectivity index (χ3v) is 8.61. The molecule has 3 heterocycles. The van der Waals surface area contributed by atoms with Crippen LogP contribution < -0.4 is 5.73 Å². The number of aromatic nitrogens is 2. The van der Waals surface area contributed by atoms with Crippen molar-refractivity contribution in [3.8, 4) is 10.4 Å². The Morgan fingerprint density at radius 1 is 1.16 bits per heavy atom. The zero-order valence-electron chi connectivity index (χ0n) is 20.9. The zero-order chi connectivity index (χ0) is 26.4. The molecule has 2 fully saturated rings. The van der Waals surface area contributed by atoms with Gasteiger partial charge in [-0.2, -0.15) is 0 Å². The second kappa shape index (κ2) is 9.93. The van der Waals surface area contributed by atoms with Crippen LogP contribution in [0.1, 0.15) is 44.4 Å². The minimum absolute atomic E-state index is 0.0183. The molecule has 2 aliphatic rings. The van der Waals surface area contributed by atoms with Gasteiger partial charge in [0.25, 0.3) is 5.91 Å². The molecule has 1 aliphatic heterocycles. The van der Waals surface area contributed by atoms with Gasteiger partial charge in [0, 0.05) is 47.3 Å². The summed E-state index contributed by atoms with van der Waals surface area (Å²) in [6.45, 7) is 4.28. The third kappa shape index (κ3) is 4.65. The average Bonchev–Trinajstić information content (AvgIpc) is 3.24. The Balaban J connectivity index is 0.000000171. The Labute approximate surface area is 224 Å². The van der Waals surface area contributed by atoms with Crippen LogP contribution in [0.25, 0.3) is 21.3 Å². The van der Waals surface area contributed by atoms with Crippen molar-refractivity contribution in [1.82, 2.24) is 14.5 Å².